The van der Waals surface area contributed by atoms with Gasteiger partial charge in [0.05, 0.1) is 7.11 Å². The molecular weight excluding hydrogens is 430 g/mol. The third kappa shape index (κ3) is 4.78. The van der Waals surface area contributed by atoms with Gasteiger partial charge in [0.1, 0.15) is 17.8 Å². The van der Waals surface area contributed by atoms with Crippen LogP contribution >= 0.6 is 11.6 Å². The molecule has 10 heteroatoms. The molecule has 1 aliphatic rings. The minimum atomic E-state index is -0.347. The van der Waals surface area contributed by atoms with E-state index in [0.717, 1.165) is 37.6 Å². The summed E-state index contributed by atoms with van der Waals surface area (Å²) in [5.41, 5.74) is 13.6. The maximum absolute atomic E-state index is 12.3. The number of hydrogen-bond acceptors (Lipinski definition) is 8. The van der Waals surface area contributed by atoms with Gasteiger partial charge in [0.2, 0.25) is 0 Å². The van der Waals surface area contributed by atoms with E-state index in [0.29, 0.717) is 27.9 Å². The molecule has 0 bridgehead atoms. The topological polar surface area (TPSA) is 109 Å². The smallest absolute Gasteiger partial charge is 0.269 e. The van der Waals surface area contributed by atoms with Crippen LogP contribution in [0.2, 0.25) is 5.02 Å². The second-order valence-electron chi connectivity index (χ2n) is 7.22. The Hall–Kier alpha value is -3.72. The predicted molar refractivity (Wildman–Crippen MR) is 126 cm³/mol. The summed E-state index contributed by atoms with van der Waals surface area (Å²) in [6.07, 6.45) is 1.43. The van der Waals surface area contributed by atoms with Gasteiger partial charge in [0.25, 0.3) is 5.91 Å². The molecule has 166 valence electrons. The van der Waals surface area contributed by atoms with Gasteiger partial charge in [-0.2, -0.15) is 0 Å². The molecule has 0 aliphatic carbocycles. The summed E-state index contributed by atoms with van der Waals surface area (Å²) < 4.78 is 5.23. The first-order valence-electron chi connectivity index (χ1n) is 10.1. The van der Waals surface area contributed by atoms with Crippen molar-refractivity contribution in [3.05, 3.63) is 65.4 Å². The van der Waals surface area contributed by atoms with Gasteiger partial charge in [-0.25, -0.2) is 9.97 Å². The molecule has 4 rings (SSSR count). The zero-order valence-electron chi connectivity index (χ0n) is 17.6. The average Bonchev–Trinajstić information content (AvgIpc) is 2.83. The number of carbonyl (C=O) groups is 1. The van der Waals surface area contributed by atoms with Crippen LogP contribution in [-0.4, -0.2) is 49.2 Å². The lowest BCUT2D eigenvalue weighted by molar-refractivity contribution is 0.0962. The minimum absolute atomic E-state index is 0.336. The maximum atomic E-state index is 12.3. The Morgan fingerprint density at radius 3 is 2.47 bits per heavy atom. The zero-order chi connectivity index (χ0) is 22.5. The third-order valence-electron chi connectivity index (χ3n) is 5.26. The van der Waals surface area contributed by atoms with Gasteiger partial charge < -0.3 is 20.3 Å². The number of amides is 1. The molecule has 1 fully saturated rings. The molecule has 2 heterocycles. The summed E-state index contributed by atoms with van der Waals surface area (Å²) in [6.45, 7) is 3.15. The number of ether oxygens (including phenoxy) is 1. The molecule has 1 saturated heterocycles. The predicted octanol–water partition coefficient (Wildman–Crippen LogP) is 2.80. The highest BCUT2D eigenvalue weighted by atomic mass is 35.5. The van der Waals surface area contributed by atoms with Crippen LogP contribution in [0.4, 0.5) is 23.0 Å². The van der Waals surface area contributed by atoms with E-state index in [4.69, 9.17) is 22.1 Å². The van der Waals surface area contributed by atoms with Gasteiger partial charge in [-0.3, -0.25) is 15.6 Å². The van der Waals surface area contributed by atoms with Crippen LogP contribution < -0.4 is 31.1 Å². The summed E-state index contributed by atoms with van der Waals surface area (Å²) >= 11 is 5.95. The van der Waals surface area contributed by atoms with Crippen molar-refractivity contribution in [2.75, 3.05) is 54.2 Å². The number of carbonyl (C=O) groups excluding carboxylic acids is 1. The van der Waals surface area contributed by atoms with Crippen molar-refractivity contribution in [3.63, 3.8) is 0 Å². The normalized spacial score (nSPS) is 13.6. The van der Waals surface area contributed by atoms with E-state index in [1.165, 1.54) is 6.33 Å². The van der Waals surface area contributed by atoms with E-state index >= 15 is 0 Å². The molecule has 1 aromatic heterocycles. The Balaban J connectivity index is 1.38. The monoisotopic (exact) mass is 453 g/mol. The first-order valence-corrected chi connectivity index (χ1v) is 10.5. The fourth-order valence-electron chi connectivity index (χ4n) is 3.53. The van der Waals surface area contributed by atoms with E-state index in [-0.39, 0.29) is 5.91 Å². The van der Waals surface area contributed by atoms with Gasteiger partial charge in [0.15, 0.2) is 11.6 Å². The van der Waals surface area contributed by atoms with E-state index in [2.05, 4.69) is 42.8 Å². The molecule has 0 unspecified atom stereocenters. The fourth-order valence-corrected chi connectivity index (χ4v) is 3.72. The molecule has 0 saturated carbocycles. The molecule has 3 aromatic rings. The highest BCUT2D eigenvalue weighted by Crippen LogP contribution is 2.28. The maximum Gasteiger partial charge on any atom is 0.269 e. The number of anilines is 4. The highest BCUT2D eigenvalue weighted by molar-refractivity contribution is 6.30. The van der Waals surface area contributed by atoms with Crippen molar-refractivity contribution >= 4 is 40.5 Å². The Kier molecular flexibility index (Phi) is 6.46. The van der Waals surface area contributed by atoms with Crippen LogP contribution in [0.3, 0.4) is 0 Å². The van der Waals surface area contributed by atoms with E-state index in [9.17, 15) is 4.79 Å². The second kappa shape index (κ2) is 9.61. The molecular formula is C22H24ClN7O2. The van der Waals surface area contributed by atoms with Crippen LogP contribution in [0, 0.1) is 0 Å². The molecule has 32 heavy (non-hydrogen) atoms. The average molecular weight is 454 g/mol. The highest BCUT2D eigenvalue weighted by Gasteiger charge is 2.22. The SMILES string of the molecule is COc1ccc(N2CCN(c3ncnc(NNC(=O)c4cccc(Cl)c4)c3N)CC2)cc1. The minimum Gasteiger partial charge on any atom is -0.497 e. The fraction of sp³-hybridized carbons (Fsp3) is 0.227. The van der Waals surface area contributed by atoms with Crippen LogP contribution in [0.1, 0.15) is 10.4 Å². The summed E-state index contributed by atoms with van der Waals surface area (Å²) in [5.74, 6) is 1.46. The number of nitrogens with two attached hydrogens (primary N) is 1. The number of nitrogens with one attached hydrogen (secondary N) is 2. The van der Waals surface area contributed by atoms with Gasteiger partial charge in [-0.15, -0.1) is 0 Å². The lowest BCUT2D eigenvalue weighted by atomic mass is 10.2. The first kappa shape index (κ1) is 21.5. The van der Waals surface area contributed by atoms with Crippen molar-refractivity contribution in [1.82, 2.24) is 15.4 Å². The number of nitrogen functional groups attached to an aromatic ring is 1. The van der Waals surface area contributed by atoms with E-state index in [1.807, 2.05) is 12.1 Å². The lowest BCUT2D eigenvalue weighted by Crippen LogP contribution is -2.47. The Morgan fingerprint density at radius 2 is 1.78 bits per heavy atom. The van der Waals surface area contributed by atoms with Crippen molar-refractivity contribution in [2.24, 2.45) is 0 Å². The Bertz CT molecular complexity index is 1090. The molecule has 1 aliphatic heterocycles. The number of benzene rings is 2. The Morgan fingerprint density at radius 1 is 1.06 bits per heavy atom. The number of aromatic nitrogens is 2. The quantitative estimate of drug-likeness (QED) is 0.489. The lowest BCUT2D eigenvalue weighted by Gasteiger charge is -2.37. The van der Waals surface area contributed by atoms with Crippen molar-refractivity contribution in [2.45, 2.75) is 0 Å². The number of halogens is 1. The number of piperazine rings is 1. The van der Waals surface area contributed by atoms with Gasteiger partial charge in [-0.05, 0) is 42.5 Å². The van der Waals surface area contributed by atoms with Crippen LogP contribution in [0.25, 0.3) is 0 Å². The van der Waals surface area contributed by atoms with E-state index in [1.54, 1.807) is 31.4 Å². The molecule has 9 nitrogen and oxygen atoms in total. The largest absolute Gasteiger partial charge is 0.497 e. The molecule has 1 amide bonds. The molecule has 0 atom stereocenters. The number of hydrogen-bond donors (Lipinski definition) is 3. The Labute approximate surface area is 191 Å². The summed E-state index contributed by atoms with van der Waals surface area (Å²) in [7, 11) is 1.66. The van der Waals surface area contributed by atoms with E-state index < -0.39 is 0 Å². The van der Waals surface area contributed by atoms with Crippen LogP contribution in [-0.2, 0) is 0 Å². The van der Waals surface area contributed by atoms with Crippen molar-refractivity contribution in [3.8, 4) is 5.75 Å². The van der Waals surface area contributed by atoms with Crippen molar-refractivity contribution in [1.29, 1.82) is 0 Å². The number of nitrogens with zero attached hydrogens (tertiary/aromatic N) is 4. The summed E-state index contributed by atoms with van der Waals surface area (Å²) in [5, 5.41) is 0.482. The second-order valence-corrected chi connectivity index (χ2v) is 7.66. The molecule has 0 radical (unpaired) electrons. The summed E-state index contributed by atoms with van der Waals surface area (Å²) in [4.78, 5) is 25.3. The molecule has 0 spiro atoms. The summed E-state index contributed by atoms with van der Waals surface area (Å²) in [6, 6.07) is 14.7. The zero-order valence-corrected chi connectivity index (χ0v) is 18.3. The number of rotatable bonds is 6. The standard InChI is InChI=1S/C22H24ClN7O2/c1-32-18-7-5-17(6-8-18)29-9-11-30(12-10-29)21-19(24)20(25-14-26-21)27-28-22(31)15-3-2-4-16(23)13-15/h2-8,13-14H,9-12,24H2,1H3,(H,28,31)(H,25,26,27). The third-order valence-corrected chi connectivity index (χ3v) is 5.50. The van der Waals surface area contributed by atoms with Gasteiger partial charge in [-0.1, -0.05) is 17.7 Å². The van der Waals surface area contributed by atoms with Crippen LogP contribution in [0.5, 0.6) is 5.75 Å². The van der Waals surface area contributed by atoms with Gasteiger partial charge in [0, 0.05) is 42.5 Å². The molecule has 2 aromatic carbocycles. The number of methoxy groups -OCH3 is 1. The van der Waals surface area contributed by atoms with Crippen LogP contribution in [0.15, 0.2) is 54.9 Å². The van der Waals surface area contributed by atoms with Crippen molar-refractivity contribution < 1.29 is 9.53 Å². The number of hydrazine groups is 1. The van der Waals surface area contributed by atoms with Gasteiger partial charge >= 0.3 is 0 Å². The first-order chi connectivity index (χ1) is 15.5. The molecule has 4 N–H and O–H groups in total.